The number of rotatable bonds is 6. The van der Waals surface area contributed by atoms with Crippen molar-refractivity contribution in [2.45, 2.75) is 4.90 Å². The quantitative estimate of drug-likeness (QED) is 0.574. The minimum Gasteiger partial charge on any atom is -0.368 e. The first kappa shape index (κ1) is 21.8. The number of halogens is 1. The number of carbonyl (C=O) groups excluding carboxylic acids is 1. The number of hydrogen-bond acceptors (Lipinski definition) is 4. The van der Waals surface area contributed by atoms with Crippen molar-refractivity contribution in [2.24, 2.45) is 0 Å². The highest BCUT2D eigenvalue weighted by molar-refractivity contribution is 7.92. The molecule has 166 valence electrons. The van der Waals surface area contributed by atoms with E-state index in [0.717, 1.165) is 9.99 Å². The highest BCUT2D eigenvalue weighted by Gasteiger charge is 2.31. The van der Waals surface area contributed by atoms with Crippen LogP contribution in [0.1, 0.15) is 0 Å². The van der Waals surface area contributed by atoms with Crippen molar-refractivity contribution in [1.82, 2.24) is 4.90 Å². The lowest BCUT2D eigenvalue weighted by Gasteiger charge is -2.37. The third kappa shape index (κ3) is 4.60. The SMILES string of the molecule is O=C(CN(c1ccccc1F)S(=O)(=O)c1ccccc1)N1CCN(c2ccccc2)CC1. The van der Waals surface area contributed by atoms with Crippen LogP contribution in [0.25, 0.3) is 0 Å². The molecule has 0 aliphatic carbocycles. The fraction of sp³-hybridized carbons (Fsp3) is 0.208. The van der Waals surface area contributed by atoms with Crippen LogP contribution in [0.3, 0.4) is 0 Å². The van der Waals surface area contributed by atoms with Gasteiger partial charge in [-0.25, -0.2) is 12.8 Å². The van der Waals surface area contributed by atoms with Gasteiger partial charge in [-0.05, 0) is 36.4 Å². The van der Waals surface area contributed by atoms with E-state index < -0.39 is 22.4 Å². The maximum atomic E-state index is 14.6. The van der Waals surface area contributed by atoms with Gasteiger partial charge in [0.25, 0.3) is 10.0 Å². The molecule has 1 fully saturated rings. The van der Waals surface area contributed by atoms with Gasteiger partial charge in [-0.3, -0.25) is 9.10 Å². The second-order valence-corrected chi connectivity index (χ2v) is 9.34. The lowest BCUT2D eigenvalue weighted by Crippen LogP contribution is -2.52. The van der Waals surface area contributed by atoms with Crippen LogP contribution in [-0.2, 0) is 14.8 Å². The standard InChI is InChI=1S/C24H24FN3O3S/c25-22-13-7-8-14-23(22)28(32(30,31)21-11-5-2-6-12-21)19-24(29)27-17-15-26(16-18-27)20-9-3-1-4-10-20/h1-14H,15-19H2. The zero-order valence-electron chi connectivity index (χ0n) is 17.5. The second-order valence-electron chi connectivity index (χ2n) is 7.48. The van der Waals surface area contributed by atoms with Crippen LogP contribution in [0.5, 0.6) is 0 Å². The average Bonchev–Trinajstić information content (AvgIpc) is 2.84. The summed E-state index contributed by atoms with van der Waals surface area (Å²) in [5, 5.41) is 0. The molecule has 0 N–H and O–H groups in total. The molecule has 4 rings (SSSR count). The molecule has 0 spiro atoms. The van der Waals surface area contributed by atoms with Crippen LogP contribution in [0, 0.1) is 5.82 Å². The van der Waals surface area contributed by atoms with Crippen molar-refractivity contribution in [3.63, 3.8) is 0 Å². The fourth-order valence-electron chi connectivity index (χ4n) is 3.75. The number of carbonyl (C=O) groups is 1. The van der Waals surface area contributed by atoms with E-state index in [0.29, 0.717) is 26.2 Å². The van der Waals surface area contributed by atoms with Crippen molar-refractivity contribution >= 4 is 27.3 Å². The molecule has 1 saturated heterocycles. The first-order valence-electron chi connectivity index (χ1n) is 10.4. The summed E-state index contributed by atoms with van der Waals surface area (Å²) in [6.45, 7) is 1.74. The van der Waals surface area contributed by atoms with E-state index in [1.807, 2.05) is 30.3 Å². The van der Waals surface area contributed by atoms with Crippen LogP contribution in [-0.4, -0.2) is 51.9 Å². The highest BCUT2D eigenvalue weighted by atomic mass is 32.2. The van der Waals surface area contributed by atoms with Crippen LogP contribution < -0.4 is 9.21 Å². The molecular weight excluding hydrogens is 429 g/mol. The molecule has 3 aromatic carbocycles. The van der Waals surface area contributed by atoms with Crippen molar-refractivity contribution in [2.75, 3.05) is 41.9 Å². The summed E-state index contributed by atoms with van der Waals surface area (Å²) in [4.78, 5) is 16.9. The van der Waals surface area contributed by atoms with Crippen LogP contribution >= 0.6 is 0 Å². The maximum absolute atomic E-state index is 14.6. The fourth-order valence-corrected chi connectivity index (χ4v) is 5.19. The molecule has 0 unspecified atom stereocenters. The number of anilines is 2. The molecular formula is C24H24FN3O3S. The lowest BCUT2D eigenvalue weighted by molar-refractivity contribution is -0.129. The molecule has 0 aromatic heterocycles. The largest absolute Gasteiger partial charge is 0.368 e. The summed E-state index contributed by atoms with van der Waals surface area (Å²) in [5.41, 5.74) is 0.937. The summed E-state index contributed by atoms with van der Waals surface area (Å²) in [6.07, 6.45) is 0. The zero-order chi connectivity index (χ0) is 22.6. The van der Waals surface area contributed by atoms with Crippen LogP contribution in [0.15, 0.2) is 89.8 Å². The summed E-state index contributed by atoms with van der Waals surface area (Å²) in [5.74, 6) is -1.06. The summed E-state index contributed by atoms with van der Waals surface area (Å²) < 4.78 is 42.1. The predicted molar refractivity (Wildman–Crippen MR) is 123 cm³/mol. The van der Waals surface area contributed by atoms with Gasteiger partial charge in [0.05, 0.1) is 10.6 Å². The van der Waals surface area contributed by atoms with E-state index >= 15 is 0 Å². The molecule has 0 radical (unpaired) electrons. The molecule has 3 aromatic rings. The number of piperazine rings is 1. The Balaban J connectivity index is 1.54. The Hall–Kier alpha value is -3.39. The van der Waals surface area contributed by atoms with Crippen molar-refractivity contribution in [3.05, 3.63) is 90.7 Å². The Morgan fingerprint density at radius 1 is 0.812 bits per heavy atom. The number of benzene rings is 3. The molecule has 8 heteroatoms. The molecule has 0 saturated carbocycles. The summed E-state index contributed by atoms with van der Waals surface area (Å²) in [7, 11) is -4.13. The van der Waals surface area contributed by atoms with Crippen LogP contribution in [0.4, 0.5) is 15.8 Å². The molecule has 32 heavy (non-hydrogen) atoms. The number of nitrogens with zero attached hydrogens (tertiary/aromatic N) is 3. The van der Waals surface area contributed by atoms with Gasteiger partial charge < -0.3 is 9.80 Å². The molecule has 1 amide bonds. The van der Waals surface area contributed by atoms with E-state index in [-0.39, 0.29) is 16.5 Å². The van der Waals surface area contributed by atoms with Gasteiger partial charge in [-0.2, -0.15) is 0 Å². The molecule has 6 nitrogen and oxygen atoms in total. The minimum atomic E-state index is -4.13. The van der Waals surface area contributed by atoms with Gasteiger partial charge in [0.2, 0.25) is 5.91 Å². The molecule has 1 aliphatic heterocycles. The van der Waals surface area contributed by atoms with Crippen molar-refractivity contribution in [3.8, 4) is 0 Å². The Morgan fingerprint density at radius 3 is 2.00 bits per heavy atom. The monoisotopic (exact) mass is 453 g/mol. The van der Waals surface area contributed by atoms with E-state index in [1.54, 1.807) is 29.2 Å². The first-order valence-corrected chi connectivity index (χ1v) is 11.8. The highest BCUT2D eigenvalue weighted by Crippen LogP contribution is 2.26. The lowest BCUT2D eigenvalue weighted by atomic mass is 10.2. The van der Waals surface area contributed by atoms with Gasteiger partial charge in [0.15, 0.2) is 0 Å². The third-order valence-corrected chi connectivity index (χ3v) is 7.26. The van der Waals surface area contributed by atoms with Gasteiger partial charge in [0.1, 0.15) is 12.4 Å². The van der Waals surface area contributed by atoms with E-state index in [2.05, 4.69) is 4.90 Å². The molecule has 0 bridgehead atoms. The van der Waals surface area contributed by atoms with Gasteiger partial charge in [0, 0.05) is 31.9 Å². The van der Waals surface area contributed by atoms with Gasteiger partial charge >= 0.3 is 0 Å². The minimum absolute atomic E-state index is 0.00458. The molecule has 1 aliphatic rings. The zero-order valence-corrected chi connectivity index (χ0v) is 18.3. The maximum Gasteiger partial charge on any atom is 0.264 e. The van der Waals surface area contributed by atoms with Gasteiger partial charge in [-0.1, -0.05) is 48.5 Å². The number of amides is 1. The van der Waals surface area contributed by atoms with Crippen LogP contribution in [0.2, 0.25) is 0 Å². The van der Waals surface area contributed by atoms with Gasteiger partial charge in [-0.15, -0.1) is 0 Å². The summed E-state index contributed by atoms with van der Waals surface area (Å²) >= 11 is 0. The van der Waals surface area contributed by atoms with E-state index in [9.17, 15) is 17.6 Å². The number of hydrogen-bond donors (Lipinski definition) is 0. The first-order chi connectivity index (χ1) is 15.5. The molecule has 0 atom stereocenters. The Morgan fingerprint density at radius 2 is 1.38 bits per heavy atom. The Labute approximate surface area is 187 Å². The third-order valence-electron chi connectivity index (χ3n) is 5.48. The van der Waals surface area contributed by atoms with Crippen molar-refractivity contribution in [1.29, 1.82) is 0 Å². The van der Waals surface area contributed by atoms with E-state index in [4.69, 9.17) is 0 Å². The predicted octanol–water partition coefficient (Wildman–Crippen LogP) is 3.37. The number of sulfonamides is 1. The van der Waals surface area contributed by atoms with Crippen molar-refractivity contribution < 1.29 is 17.6 Å². The normalized spacial score (nSPS) is 14.3. The number of para-hydroxylation sites is 2. The van der Waals surface area contributed by atoms with E-state index in [1.165, 1.54) is 30.3 Å². The second kappa shape index (κ2) is 9.40. The Kier molecular flexibility index (Phi) is 6.41. The topological polar surface area (TPSA) is 60.9 Å². The average molecular weight is 454 g/mol. The smallest absolute Gasteiger partial charge is 0.264 e. The summed E-state index contributed by atoms with van der Waals surface area (Å²) in [6, 6.07) is 23.3. The molecule has 1 heterocycles. The Bertz CT molecular complexity index is 1170.